The zero-order valence-electron chi connectivity index (χ0n) is 16.5. The first-order valence-corrected chi connectivity index (χ1v) is 10.4. The number of rotatable bonds is 2. The van der Waals surface area contributed by atoms with E-state index in [9.17, 15) is 9.59 Å². The summed E-state index contributed by atoms with van der Waals surface area (Å²) >= 11 is 0. The Hall–Kier alpha value is -1.78. The van der Waals surface area contributed by atoms with Gasteiger partial charge < -0.3 is 14.2 Å². The molecular formula is C22H30N2O3. The van der Waals surface area contributed by atoms with Gasteiger partial charge in [-0.2, -0.15) is 0 Å². The molecule has 2 amide bonds. The molecule has 0 aromatic carbocycles. The molecule has 5 nitrogen and oxygen atoms in total. The summed E-state index contributed by atoms with van der Waals surface area (Å²) in [6, 6.07) is 3.44. The molecule has 1 aliphatic heterocycles. The van der Waals surface area contributed by atoms with Crippen molar-refractivity contribution in [2.75, 3.05) is 26.2 Å². The van der Waals surface area contributed by atoms with Crippen LogP contribution in [0, 0.1) is 22.2 Å². The Labute approximate surface area is 161 Å². The molecule has 0 N–H and O–H groups in total. The van der Waals surface area contributed by atoms with Gasteiger partial charge in [0.1, 0.15) is 0 Å². The van der Waals surface area contributed by atoms with Crippen LogP contribution in [0.4, 0.5) is 0 Å². The van der Waals surface area contributed by atoms with E-state index in [1.807, 2.05) is 9.80 Å². The number of carbonyl (C=O) groups excluding carboxylic acids is 2. The molecule has 0 unspecified atom stereocenters. The van der Waals surface area contributed by atoms with Crippen molar-refractivity contribution in [1.29, 1.82) is 0 Å². The minimum absolute atomic E-state index is 0.0677. The Morgan fingerprint density at radius 1 is 0.963 bits per heavy atom. The fourth-order valence-corrected chi connectivity index (χ4v) is 7.69. The van der Waals surface area contributed by atoms with Crippen LogP contribution in [-0.4, -0.2) is 47.8 Å². The van der Waals surface area contributed by atoms with E-state index in [2.05, 4.69) is 13.8 Å². The van der Waals surface area contributed by atoms with Gasteiger partial charge in [-0.3, -0.25) is 9.59 Å². The van der Waals surface area contributed by atoms with Gasteiger partial charge in [0.15, 0.2) is 5.76 Å². The molecule has 2 heterocycles. The smallest absolute Gasteiger partial charge is 0.289 e. The van der Waals surface area contributed by atoms with E-state index in [1.165, 1.54) is 25.5 Å². The molecule has 5 fully saturated rings. The fraction of sp³-hybridized carbons (Fsp3) is 0.727. The molecule has 4 bridgehead atoms. The third-order valence-electron chi connectivity index (χ3n) is 7.67. The largest absolute Gasteiger partial charge is 0.459 e. The first kappa shape index (κ1) is 17.3. The van der Waals surface area contributed by atoms with Crippen LogP contribution < -0.4 is 0 Å². The molecule has 4 aliphatic carbocycles. The lowest BCUT2D eigenvalue weighted by atomic mass is 9.40. The molecule has 0 radical (unpaired) electrons. The molecule has 2 atom stereocenters. The number of carbonyl (C=O) groups is 2. The lowest BCUT2D eigenvalue weighted by Crippen LogP contribution is -2.62. The van der Waals surface area contributed by atoms with E-state index in [1.54, 1.807) is 12.1 Å². The molecule has 5 heteroatoms. The van der Waals surface area contributed by atoms with E-state index in [4.69, 9.17) is 4.42 Å². The Bertz CT molecular complexity index is 745. The van der Waals surface area contributed by atoms with Gasteiger partial charge in [-0.05, 0) is 67.4 Å². The maximum Gasteiger partial charge on any atom is 0.289 e. The van der Waals surface area contributed by atoms with Gasteiger partial charge in [0.05, 0.1) is 11.7 Å². The Balaban J connectivity index is 1.29. The Morgan fingerprint density at radius 2 is 1.59 bits per heavy atom. The van der Waals surface area contributed by atoms with Gasteiger partial charge in [-0.15, -0.1) is 0 Å². The van der Waals surface area contributed by atoms with Gasteiger partial charge in [0, 0.05) is 26.2 Å². The third-order valence-corrected chi connectivity index (χ3v) is 7.67. The molecule has 1 saturated heterocycles. The number of amides is 2. The lowest BCUT2D eigenvalue weighted by molar-refractivity contribution is -0.180. The van der Waals surface area contributed by atoms with E-state index in [0.717, 1.165) is 25.2 Å². The number of piperazine rings is 1. The molecule has 1 aromatic heterocycles. The highest BCUT2D eigenvalue weighted by atomic mass is 16.3. The van der Waals surface area contributed by atoms with E-state index >= 15 is 0 Å². The summed E-state index contributed by atoms with van der Waals surface area (Å²) in [6.45, 7) is 7.31. The number of hydrogen-bond acceptors (Lipinski definition) is 3. The predicted molar refractivity (Wildman–Crippen MR) is 101 cm³/mol. The fourth-order valence-electron chi connectivity index (χ4n) is 7.69. The average Bonchev–Trinajstić information content (AvgIpc) is 3.12. The second kappa shape index (κ2) is 5.62. The molecule has 5 aliphatic rings. The van der Waals surface area contributed by atoms with Crippen molar-refractivity contribution >= 4 is 11.8 Å². The van der Waals surface area contributed by atoms with Gasteiger partial charge in [0.2, 0.25) is 5.91 Å². The lowest BCUT2D eigenvalue weighted by Gasteiger charge is -2.65. The molecule has 4 saturated carbocycles. The summed E-state index contributed by atoms with van der Waals surface area (Å²) < 4.78 is 5.24. The van der Waals surface area contributed by atoms with E-state index < -0.39 is 0 Å². The van der Waals surface area contributed by atoms with Gasteiger partial charge >= 0.3 is 0 Å². The monoisotopic (exact) mass is 370 g/mol. The highest BCUT2D eigenvalue weighted by Crippen LogP contribution is 2.69. The second-order valence-electron chi connectivity index (χ2n) is 10.5. The van der Waals surface area contributed by atoms with E-state index in [-0.39, 0.29) is 11.3 Å². The van der Waals surface area contributed by atoms with Crippen LogP contribution in [0.5, 0.6) is 0 Å². The first-order valence-electron chi connectivity index (χ1n) is 10.4. The van der Waals surface area contributed by atoms with Crippen LogP contribution in [0.2, 0.25) is 0 Å². The Morgan fingerprint density at radius 3 is 2.15 bits per heavy atom. The zero-order chi connectivity index (χ0) is 18.9. The zero-order valence-corrected chi connectivity index (χ0v) is 16.5. The van der Waals surface area contributed by atoms with Crippen LogP contribution in [0.1, 0.15) is 62.9 Å². The van der Waals surface area contributed by atoms with Crippen LogP contribution in [0.25, 0.3) is 0 Å². The number of nitrogens with zero attached hydrogens (tertiary/aromatic N) is 2. The van der Waals surface area contributed by atoms with Crippen molar-refractivity contribution in [3.8, 4) is 0 Å². The highest BCUT2D eigenvalue weighted by molar-refractivity contribution is 5.91. The molecule has 27 heavy (non-hydrogen) atoms. The van der Waals surface area contributed by atoms with Gasteiger partial charge in [0.25, 0.3) is 5.91 Å². The summed E-state index contributed by atoms with van der Waals surface area (Å²) in [5.74, 6) is 1.41. The minimum Gasteiger partial charge on any atom is -0.459 e. The molecule has 6 rings (SSSR count). The molecule has 146 valence electrons. The molecule has 0 spiro atoms. The Kier molecular flexibility index (Phi) is 3.60. The van der Waals surface area contributed by atoms with Gasteiger partial charge in [-0.1, -0.05) is 13.8 Å². The highest BCUT2D eigenvalue weighted by Gasteiger charge is 2.63. The number of furan rings is 1. The number of hydrogen-bond donors (Lipinski definition) is 0. The van der Waals surface area contributed by atoms with Crippen LogP contribution >= 0.6 is 0 Å². The minimum atomic E-state index is -0.143. The predicted octanol–water partition coefficient (Wildman–Crippen LogP) is 3.56. The van der Waals surface area contributed by atoms with Crippen molar-refractivity contribution in [2.45, 2.75) is 52.4 Å². The summed E-state index contributed by atoms with van der Waals surface area (Å²) in [4.78, 5) is 30.0. The maximum atomic E-state index is 13.6. The SMILES string of the molecule is C[C@@]12CC3CC(C(=O)N4CCN(C(=O)c5ccco5)CC4)(C1)C[C@@](C)(C3)C2. The summed E-state index contributed by atoms with van der Waals surface area (Å²) in [7, 11) is 0. The third kappa shape index (κ3) is 2.73. The van der Waals surface area contributed by atoms with Crippen LogP contribution in [-0.2, 0) is 4.79 Å². The molecule has 1 aromatic rings. The van der Waals surface area contributed by atoms with Crippen molar-refractivity contribution in [2.24, 2.45) is 22.2 Å². The normalized spacial score (nSPS) is 40.4. The van der Waals surface area contributed by atoms with Crippen molar-refractivity contribution in [3.05, 3.63) is 24.2 Å². The van der Waals surface area contributed by atoms with E-state index in [0.29, 0.717) is 48.7 Å². The van der Waals surface area contributed by atoms with Crippen molar-refractivity contribution in [3.63, 3.8) is 0 Å². The maximum absolute atomic E-state index is 13.6. The van der Waals surface area contributed by atoms with Crippen molar-refractivity contribution < 1.29 is 14.0 Å². The second-order valence-corrected chi connectivity index (χ2v) is 10.5. The average molecular weight is 370 g/mol. The summed E-state index contributed by atoms with van der Waals surface area (Å²) in [5, 5.41) is 0. The topological polar surface area (TPSA) is 53.8 Å². The standard InChI is InChI=1S/C22H30N2O3/c1-20-10-16-11-21(2,13-20)15-22(12-16,14-20)19(26)24-7-5-23(6-8-24)18(25)17-4-3-9-27-17/h3-4,9,16H,5-8,10-15H2,1-2H3/t16?,20-,21-,22?/m0/s1. The van der Waals surface area contributed by atoms with Crippen molar-refractivity contribution in [1.82, 2.24) is 9.80 Å². The summed E-state index contributed by atoms with van der Waals surface area (Å²) in [5.41, 5.74) is 0.553. The van der Waals surface area contributed by atoms with Crippen LogP contribution in [0.15, 0.2) is 22.8 Å². The van der Waals surface area contributed by atoms with Gasteiger partial charge in [-0.25, -0.2) is 0 Å². The van der Waals surface area contributed by atoms with Crippen LogP contribution in [0.3, 0.4) is 0 Å². The summed E-state index contributed by atoms with van der Waals surface area (Å²) in [6.07, 6.45) is 8.65. The first-order chi connectivity index (χ1) is 12.8. The quantitative estimate of drug-likeness (QED) is 0.800. The molecular weight excluding hydrogens is 340 g/mol.